The fourth-order valence-corrected chi connectivity index (χ4v) is 3.08. The zero-order valence-corrected chi connectivity index (χ0v) is 12.2. The van der Waals surface area contributed by atoms with Crippen LogP contribution in [0.3, 0.4) is 0 Å². The summed E-state index contributed by atoms with van der Waals surface area (Å²) in [6.45, 7) is 5.37. The number of hydrogen-bond acceptors (Lipinski definition) is 3. The molecule has 3 nitrogen and oxygen atoms in total. The second-order valence-corrected chi connectivity index (χ2v) is 6.53. The van der Waals surface area contributed by atoms with Crippen molar-refractivity contribution >= 4 is 0 Å². The Balaban J connectivity index is 1.59. The summed E-state index contributed by atoms with van der Waals surface area (Å²) < 4.78 is 5.90. The van der Waals surface area contributed by atoms with Crippen molar-refractivity contribution in [2.75, 3.05) is 6.61 Å². The predicted molar refractivity (Wildman–Crippen MR) is 79.8 cm³/mol. The van der Waals surface area contributed by atoms with E-state index < -0.39 is 0 Å². The number of hydrogen-bond donors (Lipinski definition) is 2. The van der Waals surface area contributed by atoms with E-state index in [1.54, 1.807) is 0 Å². The topological polar surface area (TPSA) is 41.5 Å². The highest BCUT2D eigenvalue weighted by Crippen LogP contribution is 2.35. The normalized spacial score (nSPS) is 26.6. The molecule has 0 unspecified atom stereocenters. The predicted octanol–water partition coefficient (Wildman–Crippen LogP) is 2.43. The number of benzene rings is 1. The van der Waals surface area contributed by atoms with Crippen molar-refractivity contribution in [2.45, 2.75) is 44.9 Å². The van der Waals surface area contributed by atoms with Crippen LogP contribution in [0.25, 0.3) is 0 Å². The third kappa shape index (κ3) is 2.89. The van der Waals surface area contributed by atoms with Crippen LogP contribution in [0, 0.1) is 5.92 Å². The lowest BCUT2D eigenvalue weighted by atomic mass is 10.00. The van der Waals surface area contributed by atoms with Gasteiger partial charge in [0.2, 0.25) is 0 Å². The van der Waals surface area contributed by atoms with E-state index in [4.69, 9.17) is 9.84 Å². The Morgan fingerprint density at radius 1 is 1.35 bits per heavy atom. The third-order valence-electron chi connectivity index (χ3n) is 4.10. The molecule has 1 aromatic rings. The Morgan fingerprint density at radius 2 is 2.20 bits per heavy atom. The van der Waals surface area contributed by atoms with E-state index in [2.05, 4.69) is 49.5 Å². The zero-order chi connectivity index (χ0) is 14.2. The van der Waals surface area contributed by atoms with E-state index in [0.29, 0.717) is 12.0 Å². The number of rotatable bonds is 4. The molecule has 0 saturated carbocycles. The second kappa shape index (κ2) is 5.23. The minimum Gasteiger partial charge on any atom is -0.487 e. The van der Waals surface area contributed by atoms with Crippen molar-refractivity contribution in [3.63, 3.8) is 0 Å². The van der Waals surface area contributed by atoms with Gasteiger partial charge >= 0.3 is 0 Å². The number of ether oxygens (including phenoxy) is 1. The summed E-state index contributed by atoms with van der Waals surface area (Å²) in [6.07, 6.45) is 6.25. The fraction of sp³-hybridized carbons (Fsp3) is 0.529. The molecule has 20 heavy (non-hydrogen) atoms. The molecule has 1 heterocycles. The van der Waals surface area contributed by atoms with Crippen molar-refractivity contribution in [2.24, 2.45) is 5.92 Å². The zero-order valence-electron chi connectivity index (χ0n) is 12.2. The average Bonchev–Trinajstić information content (AvgIpc) is 2.97. The molecule has 2 N–H and O–H groups in total. The molecule has 0 amide bonds. The molecule has 0 radical (unpaired) electrons. The highest BCUT2D eigenvalue weighted by atomic mass is 16.5. The van der Waals surface area contributed by atoms with Crippen LogP contribution in [0.4, 0.5) is 0 Å². The number of nitrogens with one attached hydrogen (secondary N) is 1. The van der Waals surface area contributed by atoms with Crippen LogP contribution < -0.4 is 10.1 Å². The number of fused-ring (bicyclic) bond motifs is 1. The van der Waals surface area contributed by atoms with Gasteiger partial charge in [0.1, 0.15) is 11.4 Å². The Morgan fingerprint density at radius 3 is 2.95 bits per heavy atom. The number of aliphatic hydroxyl groups excluding tert-OH is 1. The Kier molecular flexibility index (Phi) is 3.57. The maximum Gasteiger partial charge on any atom is 0.123 e. The van der Waals surface area contributed by atoms with Gasteiger partial charge in [0.25, 0.3) is 0 Å². The molecule has 0 saturated heterocycles. The molecule has 1 aliphatic carbocycles. The first kappa shape index (κ1) is 13.7. The molecule has 108 valence electrons. The molecule has 0 spiro atoms. The van der Waals surface area contributed by atoms with Crippen LogP contribution in [-0.2, 0) is 13.0 Å². The molecule has 3 heteroatoms. The van der Waals surface area contributed by atoms with E-state index >= 15 is 0 Å². The number of aliphatic hydroxyl groups is 1. The van der Waals surface area contributed by atoms with E-state index in [-0.39, 0.29) is 12.2 Å². The van der Waals surface area contributed by atoms with Gasteiger partial charge < -0.3 is 15.2 Å². The lowest BCUT2D eigenvalue weighted by molar-refractivity contribution is 0.138. The van der Waals surface area contributed by atoms with Crippen LogP contribution >= 0.6 is 0 Å². The molecule has 3 rings (SSSR count). The highest BCUT2D eigenvalue weighted by molar-refractivity contribution is 5.41. The first-order chi connectivity index (χ1) is 9.55. The molecule has 0 fully saturated rings. The Labute approximate surface area is 120 Å². The molecular formula is C17H23NO2. The van der Waals surface area contributed by atoms with Gasteiger partial charge in [0.15, 0.2) is 0 Å². The lowest BCUT2D eigenvalue weighted by Crippen LogP contribution is -2.26. The summed E-state index contributed by atoms with van der Waals surface area (Å²) in [6, 6.07) is 6.85. The summed E-state index contributed by atoms with van der Waals surface area (Å²) in [7, 11) is 0. The van der Waals surface area contributed by atoms with Crippen LogP contribution in [0.5, 0.6) is 5.75 Å². The summed E-state index contributed by atoms with van der Waals surface area (Å²) >= 11 is 0. The van der Waals surface area contributed by atoms with E-state index in [0.717, 1.165) is 25.1 Å². The Hall–Kier alpha value is -1.32. The summed E-state index contributed by atoms with van der Waals surface area (Å²) in [5.74, 6) is 1.35. The fourth-order valence-electron chi connectivity index (χ4n) is 3.08. The van der Waals surface area contributed by atoms with Crippen molar-refractivity contribution in [1.29, 1.82) is 0 Å². The quantitative estimate of drug-likeness (QED) is 0.828. The molecule has 0 aromatic heterocycles. The van der Waals surface area contributed by atoms with Crippen molar-refractivity contribution in [3.05, 3.63) is 41.5 Å². The monoisotopic (exact) mass is 273 g/mol. The van der Waals surface area contributed by atoms with Gasteiger partial charge in [0, 0.05) is 31.5 Å². The lowest BCUT2D eigenvalue weighted by Gasteiger charge is -2.16. The first-order valence-corrected chi connectivity index (χ1v) is 7.39. The molecule has 1 aliphatic heterocycles. The summed E-state index contributed by atoms with van der Waals surface area (Å²) in [5.41, 5.74) is 2.53. The van der Waals surface area contributed by atoms with Gasteiger partial charge in [-0.05, 0) is 37.5 Å². The van der Waals surface area contributed by atoms with Crippen molar-refractivity contribution in [1.82, 2.24) is 5.32 Å². The summed E-state index contributed by atoms with van der Waals surface area (Å²) in [4.78, 5) is 0. The third-order valence-corrected chi connectivity index (χ3v) is 4.10. The standard InChI is InChI=1S/C17H23NO2/c1-17(2)9-14-7-12(4-6-16(14)20-17)10-18-15-5-3-13(8-15)11-19/h3-7,13,15,18-19H,8-11H2,1-2H3/t13-,15+/m0/s1. The second-order valence-electron chi connectivity index (χ2n) is 6.53. The first-order valence-electron chi connectivity index (χ1n) is 7.39. The molecule has 2 aliphatic rings. The van der Waals surface area contributed by atoms with Gasteiger partial charge in [0.05, 0.1) is 0 Å². The van der Waals surface area contributed by atoms with Crippen molar-refractivity contribution in [3.8, 4) is 5.75 Å². The maximum atomic E-state index is 9.13. The van der Waals surface area contributed by atoms with Gasteiger partial charge in [-0.15, -0.1) is 0 Å². The van der Waals surface area contributed by atoms with Gasteiger partial charge in [-0.25, -0.2) is 0 Å². The van der Waals surface area contributed by atoms with Crippen LogP contribution in [0.2, 0.25) is 0 Å². The molecular weight excluding hydrogens is 250 g/mol. The van der Waals surface area contributed by atoms with Gasteiger partial charge in [-0.1, -0.05) is 24.3 Å². The van der Waals surface area contributed by atoms with Crippen LogP contribution in [0.15, 0.2) is 30.4 Å². The maximum absolute atomic E-state index is 9.13. The van der Waals surface area contributed by atoms with E-state index in [1.165, 1.54) is 11.1 Å². The molecule has 2 atom stereocenters. The molecule has 1 aromatic carbocycles. The van der Waals surface area contributed by atoms with Gasteiger partial charge in [-0.2, -0.15) is 0 Å². The van der Waals surface area contributed by atoms with Crippen LogP contribution in [-0.4, -0.2) is 23.4 Å². The highest BCUT2D eigenvalue weighted by Gasteiger charge is 2.29. The van der Waals surface area contributed by atoms with Crippen molar-refractivity contribution < 1.29 is 9.84 Å². The minimum atomic E-state index is -0.0725. The average molecular weight is 273 g/mol. The minimum absolute atomic E-state index is 0.0725. The summed E-state index contributed by atoms with van der Waals surface area (Å²) in [5, 5.41) is 12.7. The Bertz CT molecular complexity index is 522. The van der Waals surface area contributed by atoms with E-state index in [9.17, 15) is 0 Å². The smallest absolute Gasteiger partial charge is 0.123 e. The van der Waals surface area contributed by atoms with E-state index in [1.807, 2.05) is 0 Å². The van der Waals surface area contributed by atoms with Crippen LogP contribution in [0.1, 0.15) is 31.4 Å². The SMILES string of the molecule is CC1(C)Cc2cc(CN[C@@H]3C=C[C@H](CO)C3)ccc2O1. The largest absolute Gasteiger partial charge is 0.487 e. The van der Waals surface area contributed by atoms with Gasteiger partial charge in [-0.3, -0.25) is 0 Å². The molecule has 0 bridgehead atoms.